The zero-order valence-electron chi connectivity index (χ0n) is 17.5. The first kappa shape index (κ1) is 21.4. The molecule has 1 heterocycles. The average molecular weight is 413 g/mol. The van der Waals surface area contributed by atoms with Crippen LogP contribution < -0.4 is 19.5 Å². The van der Waals surface area contributed by atoms with Gasteiger partial charge in [-0.25, -0.2) is 0 Å². The lowest BCUT2D eigenvalue weighted by atomic mass is 10.1. The second kappa shape index (κ2) is 9.98. The van der Waals surface area contributed by atoms with E-state index in [1.807, 2.05) is 23.1 Å². The Morgan fingerprint density at radius 2 is 1.50 bits per heavy atom. The predicted octanol–water partition coefficient (Wildman–Crippen LogP) is 2.11. The number of rotatable bonds is 7. The number of anilines is 1. The highest BCUT2D eigenvalue weighted by atomic mass is 16.5. The van der Waals surface area contributed by atoms with E-state index in [0.717, 1.165) is 0 Å². The zero-order valence-corrected chi connectivity index (χ0v) is 17.5. The van der Waals surface area contributed by atoms with Gasteiger partial charge in [-0.15, -0.1) is 0 Å². The van der Waals surface area contributed by atoms with Crippen molar-refractivity contribution in [3.63, 3.8) is 0 Å². The van der Waals surface area contributed by atoms with Gasteiger partial charge in [-0.3, -0.25) is 14.5 Å². The second-order valence-corrected chi connectivity index (χ2v) is 6.95. The maximum Gasteiger partial charge on any atom is 0.254 e. The van der Waals surface area contributed by atoms with Crippen LogP contribution in [0, 0.1) is 0 Å². The van der Waals surface area contributed by atoms with E-state index in [1.54, 1.807) is 50.5 Å². The molecular weight excluding hydrogens is 386 g/mol. The van der Waals surface area contributed by atoms with Crippen molar-refractivity contribution in [3.05, 3.63) is 48.0 Å². The first-order valence-corrected chi connectivity index (χ1v) is 9.71. The topological polar surface area (TPSA) is 80.3 Å². The van der Waals surface area contributed by atoms with Crippen LogP contribution in [-0.2, 0) is 4.79 Å². The van der Waals surface area contributed by atoms with E-state index < -0.39 is 0 Å². The summed E-state index contributed by atoms with van der Waals surface area (Å²) in [6, 6.07) is 12.4. The molecule has 2 aromatic rings. The summed E-state index contributed by atoms with van der Waals surface area (Å²) >= 11 is 0. The van der Waals surface area contributed by atoms with Crippen LogP contribution in [0.2, 0.25) is 0 Å². The third-order valence-corrected chi connectivity index (χ3v) is 4.98. The fraction of sp³-hybridized carbons (Fsp3) is 0.364. The monoisotopic (exact) mass is 413 g/mol. The van der Waals surface area contributed by atoms with Crippen molar-refractivity contribution < 1.29 is 23.8 Å². The minimum absolute atomic E-state index is 0.0762. The van der Waals surface area contributed by atoms with Crippen LogP contribution in [0.4, 0.5) is 5.69 Å². The fourth-order valence-corrected chi connectivity index (χ4v) is 3.33. The van der Waals surface area contributed by atoms with Gasteiger partial charge in [0.1, 0.15) is 17.2 Å². The first-order chi connectivity index (χ1) is 14.5. The summed E-state index contributed by atoms with van der Waals surface area (Å²) in [4.78, 5) is 29.0. The number of ether oxygens (including phenoxy) is 3. The first-order valence-electron chi connectivity index (χ1n) is 9.71. The average Bonchev–Trinajstić information content (AvgIpc) is 2.78. The van der Waals surface area contributed by atoms with E-state index in [0.29, 0.717) is 54.7 Å². The summed E-state index contributed by atoms with van der Waals surface area (Å²) in [6.45, 7) is 2.61. The number of amides is 2. The van der Waals surface area contributed by atoms with Crippen LogP contribution in [0.1, 0.15) is 10.4 Å². The summed E-state index contributed by atoms with van der Waals surface area (Å²) in [7, 11) is 4.69. The van der Waals surface area contributed by atoms with E-state index in [2.05, 4.69) is 5.32 Å². The predicted molar refractivity (Wildman–Crippen MR) is 114 cm³/mol. The van der Waals surface area contributed by atoms with Crippen molar-refractivity contribution >= 4 is 17.5 Å². The minimum atomic E-state index is -0.0967. The molecule has 2 amide bonds. The molecule has 0 aromatic heterocycles. The van der Waals surface area contributed by atoms with Gasteiger partial charge in [0.2, 0.25) is 5.91 Å². The molecule has 1 N–H and O–H groups in total. The van der Waals surface area contributed by atoms with Gasteiger partial charge in [0.25, 0.3) is 5.91 Å². The number of carbonyl (C=O) groups excluding carboxylic acids is 2. The maximum atomic E-state index is 12.9. The second-order valence-electron chi connectivity index (χ2n) is 6.95. The Hall–Kier alpha value is -3.26. The molecule has 0 saturated carbocycles. The Balaban J connectivity index is 1.53. The number of carbonyl (C=O) groups is 2. The van der Waals surface area contributed by atoms with E-state index >= 15 is 0 Å². The Labute approximate surface area is 176 Å². The van der Waals surface area contributed by atoms with Gasteiger partial charge in [-0.1, -0.05) is 6.07 Å². The maximum absolute atomic E-state index is 12.9. The minimum Gasteiger partial charge on any atom is -0.497 e. The van der Waals surface area contributed by atoms with Gasteiger partial charge >= 0.3 is 0 Å². The molecule has 1 aliphatic heterocycles. The highest BCUT2D eigenvalue weighted by Crippen LogP contribution is 2.24. The van der Waals surface area contributed by atoms with Crippen molar-refractivity contribution in [1.29, 1.82) is 0 Å². The van der Waals surface area contributed by atoms with Crippen LogP contribution >= 0.6 is 0 Å². The zero-order chi connectivity index (χ0) is 21.5. The molecule has 0 unspecified atom stereocenters. The molecule has 0 radical (unpaired) electrons. The molecule has 0 aliphatic carbocycles. The Kier molecular flexibility index (Phi) is 7.13. The molecule has 0 spiro atoms. The van der Waals surface area contributed by atoms with Gasteiger partial charge in [-0.05, 0) is 24.3 Å². The Bertz CT molecular complexity index is 872. The van der Waals surface area contributed by atoms with Crippen LogP contribution in [-0.4, -0.2) is 75.7 Å². The van der Waals surface area contributed by atoms with Crippen LogP contribution in [0.3, 0.4) is 0 Å². The number of methoxy groups -OCH3 is 3. The van der Waals surface area contributed by atoms with Gasteiger partial charge < -0.3 is 24.4 Å². The number of benzene rings is 2. The fourth-order valence-electron chi connectivity index (χ4n) is 3.33. The van der Waals surface area contributed by atoms with Gasteiger partial charge in [0, 0.05) is 49.6 Å². The third kappa shape index (κ3) is 5.42. The van der Waals surface area contributed by atoms with E-state index in [-0.39, 0.29) is 18.4 Å². The Morgan fingerprint density at radius 3 is 2.10 bits per heavy atom. The molecular formula is C22H27N3O5. The van der Waals surface area contributed by atoms with Crippen LogP contribution in [0.5, 0.6) is 17.2 Å². The van der Waals surface area contributed by atoms with Crippen molar-refractivity contribution in [3.8, 4) is 17.2 Å². The third-order valence-electron chi connectivity index (χ3n) is 4.98. The van der Waals surface area contributed by atoms with E-state index in [4.69, 9.17) is 14.2 Å². The lowest BCUT2D eigenvalue weighted by Crippen LogP contribution is -2.50. The molecule has 1 fully saturated rings. The van der Waals surface area contributed by atoms with E-state index in [1.165, 1.54) is 0 Å². The lowest BCUT2D eigenvalue weighted by Gasteiger charge is -2.34. The normalized spacial score (nSPS) is 14.2. The largest absolute Gasteiger partial charge is 0.497 e. The molecule has 8 nitrogen and oxygen atoms in total. The standard InChI is InChI=1S/C22H27N3O5/c1-28-18-6-4-5-17(13-18)23-21(26)15-24-7-9-25(10-8-24)22(27)16-11-19(29-2)14-20(12-16)30-3/h4-6,11-14H,7-10,15H2,1-3H3,(H,23,26). The van der Waals surface area contributed by atoms with E-state index in [9.17, 15) is 9.59 Å². The quantitative estimate of drug-likeness (QED) is 0.749. The van der Waals surface area contributed by atoms with Crippen molar-refractivity contribution in [1.82, 2.24) is 9.80 Å². The number of hydrogen-bond acceptors (Lipinski definition) is 6. The summed E-state index contributed by atoms with van der Waals surface area (Å²) in [5.41, 5.74) is 1.22. The smallest absolute Gasteiger partial charge is 0.254 e. The molecule has 1 aliphatic rings. The van der Waals surface area contributed by atoms with Crippen molar-refractivity contribution in [2.45, 2.75) is 0 Å². The molecule has 160 valence electrons. The molecule has 0 atom stereocenters. The van der Waals surface area contributed by atoms with Gasteiger partial charge in [-0.2, -0.15) is 0 Å². The molecule has 3 rings (SSSR count). The highest BCUT2D eigenvalue weighted by Gasteiger charge is 2.24. The molecule has 2 aromatic carbocycles. The number of piperazine rings is 1. The van der Waals surface area contributed by atoms with Gasteiger partial charge in [0.05, 0.1) is 27.9 Å². The number of hydrogen-bond donors (Lipinski definition) is 1. The highest BCUT2D eigenvalue weighted by molar-refractivity contribution is 5.95. The van der Waals surface area contributed by atoms with Crippen molar-refractivity contribution in [2.24, 2.45) is 0 Å². The summed E-state index contributed by atoms with van der Waals surface area (Å²) in [5.74, 6) is 1.67. The van der Waals surface area contributed by atoms with Crippen molar-refractivity contribution in [2.75, 3.05) is 59.4 Å². The molecule has 30 heavy (non-hydrogen) atoms. The summed E-state index contributed by atoms with van der Waals surface area (Å²) < 4.78 is 15.7. The number of nitrogens with one attached hydrogen (secondary N) is 1. The number of nitrogens with zero attached hydrogens (tertiary/aromatic N) is 2. The lowest BCUT2D eigenvalue weighted by molar-refractivity contribution is -0.117. The molecule has 1 saturated heterocycles. The van der Waals surface area contributed by atoms with Gasteiger partial charge in [0.15, 0.2) is 0 Å². The Morgan fingerprint density at radius 1 is 0.867 bits per heavy atom. The SMILES string of the molecule is COc1cccc(NC(=O)CN2CCN(C(=O)c3cc(OC)cc(OC)c3)CC2)c1. The summed E-state index contributed by atoms with van der Waals surface area (Å²) in [6.07, 6.45) is 0. The van der Waals surface area contributed by atoms with Crippen LogP contribution in [0.25, 0.3) is 0 Å². The van der Waals surface area contributed by atoms with Crippen LogP contribution in [0.15, 0.2) is 42.5 Å². The molecule has 0 bridgehead atoms. The molecule has 8 heteroatoms. The summed E-state index contributed by atoms with van der Waals surface area (Å²) in [5, 5.41) is 2.88.